The quantitative estimate of drug-likeness (QED) is 0.0146. The van der Waals surface area contributed by atoms with Crippen LogP contribution in [0.1, 0.15) is 457 Å². The van der Waals surface area contributed by atoms with E-state index in [1.807, 2.05) is 0 Å². The standard InChI is InChI=1S/C107H188O16P2/c1-4-7-10-13-16-19-22-25-28-31-34-36-38-40-42-44-46-48-50-52-54-56-58-60-62-64-67-69-72-75-78-81-84-87-90-93-105(110)117-96-102(108)97-119-124(113,114)120-98-103(109)99-121-125(115,116)122-101-104(123-107(112)95-92-89-86-83-80-77-74-71-66-33-30-27-24-21-18-15-12-9-6-3)100-118-106(111)94-91-88-85-82-79-76-73-70-68-65-63-61-59-57-55-53-51-49-47-45-43-41-39-37-35-32-29-26-23-20-17-14-11-8-5-2/h7,10,16-21,25-30,34-37,40-43,66,71,102-104,108-109H,4-6,8-9,11-15,22-24,31-33,38-39,44-65,67-70,72-101H2,1-3H3,(H,113,114)(H,115,116)/b10-7-,19-16-,20-17-,21-18-,28-25-,29-26-,30-27-,36-34-,37-35-,42-40-,43-41-,71-66-. The molecule has 0 amide bonds. The van der Waals surface area contributed by atoms with E-state index in [-0.39, 0.29) is 19.3 Å². The number of esters is 3. The van der Waals surface area contributed by atoms with Crippen molar-refractivity contribution in [3.8, 4) is 0 Å². The van der Waals surface area contributed by atoms with Gasteiger partial charge in [-0.05, 0) is 148 Å². The fourth-order valence-corrected chi connectivity index (χ4v) is 15.9. The molecule has 5 unspecified atom stereocenters. The molecule has 722 valence electrons. The topological polar surface area (TPSA) is 231 Å². The molecule has 0 saturated carbocycles. The highest BCUT2D eigenvalue weighted by Gasteiger charge is 2.30. The molecule has 5 atom stereocenters. The molecule has 0 aromatic rings. The summed E-state index contributed by atoms with van der Waals surface area (Å²) in [5.41, 5.74) is 0. The van der Waals surface area contributed by atoms with E-state index in [9.17, 15) is 43.5 Å². The van der Waals surface area contributed by atoms with Crippen LogP contribution in [0.15, 0.2) is 146 Å². The fourth-order valence-electron chi connectivity index (χ4n) is 14.3. The van der Waals surface area contributed by atoms with Gasteiger partial charge in [0.05, 0.1) is 26.4 Å². The molecule has 0 aliphatic heterocycles. The predicted octanol–water partition coefficient (Wildman–Crippen LogP) is 32.2. The molecule has 125 heavy (non-hydrogen) atoms. The Labute approximate surface area is 766 Å². The van der Waals surface area contributed by atoms with Gasteiger partial charge in [0.15, 0.2) is 6.10 Å². The first kappa shape index (κ1) is 120. The highest BCUT2D eigenvalue weighted by molar-refractivity contribution is 7.47. The first-order valence-electron chi connectivity index (χ1n) is 51.1. The molecule has 16 nitrogen and oxygen atoms in total. The third kappa shape index (κ3) is 99.8. The maximum absolute atomic E-state index is 13.1. The summed E-state index contributed by atoms with van der Waals surface area (Å²) in [6, 6.07) is 0. The lowest BCUT2D eigenvalue weighted by molar-refractivity contribution is -0.161. The van der Waals surface area contributed by atoms with Gasteiger partial charge in [0, 0.05) is 19.3 Å². The summed E-state index contributed by atoms with van der Waals surface area (Å²) in [7, 11) is -9.81. The van der Waals surface area contributed by atoms with Crippen molar-refractivity contribution in [3.63, 3.8) is 0 Å². The van der Waals surface area contributed by atoms with Crippen molar-refractivity contribution in [2.75, 3.05) is 39.6 Å². The first-order chi connectivity index (χ1) is 61.2. The van der Waals surface area contributed by atoms with Crippen LogP contribution in [-0.2, 0) is 55.8 Å². The molecular formula is C107H188O16P2. The second kappa shape index (κ2) is 98.5. The van der Waals surface area contributed by atoms with Crippen LogP contribution in [-0.4, -0.2) is 95.9 Å². The van der Waals surface area contributed by atoms with Gasteiger partial charge in [-0.15, -0.1) is 0 Å². The third-order valence-corrected chi connectivity index (χ3v) is 23.9. The summed E-state index contributed by atoms with van der Waals surface area (Å²) in [6.07, 6.45) is 126. The molecule has 0 saturated heterocycles. The minimum atomic E-state index is -4.95. The number of phosphoric acid groups is 2. The molecule has 0 heterocycles. The van der Waals surface area contributed by atoms with Gasteiger partial charge in [-0.25, -0.2) is 9.13 Å². The predicted molar refractivity (Wildman–Crippen MR) is 528 cm³/mol. The molecule has 0 aliphatic carbocycles. The highest BCUT2D eigenvalue weighted by Crippen LogP contribution is 2.45. The minimum Gasteiger partial charge on any atom is -0.463 e. The van der Waals surface area contributed by atoms with E-state index in [1.54, 1.807) is 0 Å². The van der Waals surface area contributed by atoms with Crippen LogP contribution in [0.5, 0.6) is 0 Å². The zero-order valence-electron chi connectivity index (χ0n) is 80.0. The number of hydrogen-bond acceptors (Lipinski definition) is 14. The molecule has 0 aliphatic rings. The molecule has 4 N–H and O–H groups in total. The summed E-state index contributed by atoms with van der Waals surface area (Å²) >= 11 is 0. The second-order valence-electron chi connectivity index (χ2n) is 34.3. The van der Waals surface area contributed by atoms with Crippen LogP contribution in [0.3, 0.4) is 0 Å². The van der Waals surface area contributed by atoms with Gasteiger partial charge < -0.3 is 34.2 Å². The van der Waals surface area contributed by atoms with Crippen molar-refractivity contribution in [1.29, 1.82) is 0 Å². The Morgan fingerprint density at radius 2 is 0.424 bits per heavy atom. The van der Waals surface area contributed by atoms with Gasteiger partial charge in [-0.3, -0.25) is 32.5 Å². The molecule has 0 aromatic carbocycles. The summed E-state index contributed by atoms with van der Waals surface area (Å²) in [4.78, 5) is 59.1. The highest BCUT2D eigenvalue weighted by atomic mass is 31.2. The average molecular weight is 1790 g/mol. The van der Waals surface area contributed by atoms with Crippen molar-refractivity contribution < 1.29 is 75.8 Å². The summed E-state index contributed by atoms with van der Waals surface area (Å²) < 4.78 is 61.6. The lowest BCUT2D eigenvalue weighted by atomic mass is 10.0. The lowest BCUT2D eigenvalue weighted by Crippen LogP contribution is -2.30. The Morgan fingerprint density at radius 3 is 0.672 bits per heavy atom. The average Bonchev–Trinajstić information content (AvgIpc) is 0.893. The number of ether oxygens (including phenoxy) is 3. The van der Waals surface area contributed by atoms with Crippen molar-refractivity contribution in [2.45, 2.75) is 476 Å². The number of allylic oxidation sites excluding steroid dienone is 24. The zero-order chi connectivity index (χ0) is 90.7. The largest absolute Gasteiger partial charge is 0.472 e. The van der Waals surface area contributed by atoms with Crippen molar-refractivity contribution in [1.82, 2.24) is 0 Å². The zero-order valence-corrected chi connectivity index (χ0v) is 81.8. The van der Waals surface area contributed by atoms with Crippen molar-refractivity contribution in [2.24, 2.45) is 0 Å². The van der Waals surface area contributed by atoms with Crippen LogP contribution in [0, 0.1) is 0 Å². The van der Waals surface area contributed by atoms with Crippen molar-refractivity contribution >= 4 is 33.6 Å². The van der Waals surface area contributed by atoms with E-state index in [0.29, 0.717) is 19.3 Å². The molecule has 0 aromatic heterocycles. The second-order valence-corrected chi connectivity index (χ2v) is 37.2. The SMILES string of the molecule is CC/C=C\C/C=C\C/C=C\C/C=C\C/C=C\CCCCCCCCCCCCCCCCCCCCCC(=O)OCC(O)COP(=O)(O)OCC(O)COP(=O)(O)OCC(COC(=O)CCCCCCCCCCCCCCCCCCCCC/C=C\C/C=C\C/C=C\C/C=C\CCCCC)OC(=O)CCCCCCCC/C=C\C/C=C\C/C=C\CCCCC. The van der Waals surface area contributed by atoms with Gasteiger partial charge in [0.2, 0.25) is 0 Å². The Morgan fingerprint density at radius 1 is 0.232 bits per heavy atom. The normalized spacial score (nSPS) is 14.3. The van der Waals surface area contributed by atoms with E-state index in [0.717, 1.165) is 148 Å². The Balaban J connectivity index is 4.46. The number of phosphoric ester groups is 2. The van der Waals surface area contributed by atoms with Crippen LogP contribution in [0.4, 0.5) is 0 Å². The number of carbonyl (C=O) groups excluding carboxylic acids is 3. The molecular weight excluding hydrogens is 1600 g/mol. The molecule has 0 radical (unpaired) electrons. The Hall–Kier alpha value is -4.57. The smallest absolute Gasteiger partial charge is 0.463 e. The maximum Gasteiger partial charge on any atom is 0.472 e. The summed E-state index contributed by atoms with van der Waals surface area (Å²) in [5, 5.41) is 20.8. The number of aliphatic hydroxyl groups is 2. The van der Waals surface area contributed by atoms with Crippen LogP contribution < -0.4 is 0 Å². The summed E-state index contributed by atoms with van der Waals surface area (Å²) in [6.45, 7) is 2.58. The Bertz CT molecular complexity index is 2850. The molecule has 0 bridgehead atoms. The number of rotatable bonds is 97. The van der Waals surface area contributed by atoms with E-state index in [1.165, 1.54) is 250 Å². The van der Waals surface area contributed by atoms with Crippen LogP contribution in [0.2, 0.25) is 0 Å². The number of unbranched alkanes of at least 4 members (excludes halogenated alkanes) is 50. The van der Waals surface area contributed by atoms with E-state index >= 15 is 0 Å². The van der Waals surface area contributed by atoms with Gasteiger partial charge >= 0.3 is 33.6 Å². The van der Waals surface area contributed by atoms with Crippen LogP contribution in [0.25, 0.3) is 0 Å². The van der Waals surface area contributed by atoms with E-state index in [2.05, 4.69) is 167 Å². The van der Waals surface area contributed by atoms with E-state index < -0.39 is 91.5 Å². The van der Waals surface area contributed by atoms with Crippen molar-refractivity contribution in [3.05, 3.63) is 146 Å². The van der Waals surface area contributed by atoms with Gasteiger partial charge in [-0.1, -0.05) is 436 Å². The van der Waals surface area contributed by atoms with Gasteiger partial charge in [0.1, 0.15) is 25.4 Å². The molecule has 18 heteroatoms. The number of hydrogen-bond donors (Lipinski definition) is 4. The monoisotopic (exact) mass is 1790 g/mol. The lowest BCUT2D eigenvalue weighted by Gasteiger charge is -2.21. The van der Waals surface area contributed by atoms with Gasteiger partial charge in [-0.2, -0.15) is 0 Å². The summed E-state index contributed by atoms with van der Waals surface area (Å²) in [5.74, 6) is -1.57. The van der Waals surface area contributed by atoms with Crippen LogP contribution >= 0.6 is 15.6 Å². The Kier molecular flexibility index (Phi) is 94.9. The third-order valence-electron chi connectivity index (χ3n) is 22.0. The molecule has 0 rings (SSSR count). The maximum atomic E-state index is 13.1. The minimum absolute atomic E-state index is 0.0906. The first-order valence-corrected chi connectivity index (χ1v) is 54.1. The van der Waals surface area contributed by atoms with Gasteiger partial charge in [0.25, 0.3) is 0 Å². The number of carbonyl (C=O) groups is 3. The number of aliphatic hydroxyl groups excluding tert-OH is 2. The fraction of sp³-hybridized carbons (Fsp3) is 0.748. The van der Waals surface area contributed by atoms with E-state index in [4.69, 9.17) is 32.3 Å². The molecule has 0 spiro atoms. The molecule has 0 fully saturated rings.